The van der Waals surface area contributed by atoms with Gasteiger partial charge in [-0.1, -0.05) is 0 Å². The summed E-state index contributed by atoms with van der Waals surface area (Å²) in [5.74, 6) is 0.778. The molecule has 0 fully saturated rings. The van der Waals surface area contributed by atoms with E-state index >= 15 is 0 Å². The second kappa shape index (κ2) is 7.51. The number of rotatable bonds is 5. The zero-order valence-electron chi connectivity index (χ0n) is 13.3. The zero-order valence-corrected chi connectivity index (χ0v) is 14.1. The number of nitrogens with zero attached hydrogens (tertiary/aromatic N) is 4. The van der Waals surface area contributed by atoms with Crippen molar-refractivity contribution in [1.82, 2.24) is 15.0 Å². The predicted molar refractivity (Wildman–Crippen MR) is 93.2 cm³/mol. The molecule has 0 spiro atoms. The minimum Gasteiger partial charge on any atom is -0.495 e. The predicted octanol–water partition coefficient (Wildman–Crippen LogP) is 2.66. The Morgan fingerprint density at radius 3 is 2.88 bits per heavy atom. The van der Waals surface area contributed by atoms with Crippen molar-refractivity contribution in [3.8, 4) is 22.7 Å². The summed E-state index contributed by atoms with van der Waals surface area (Å²) in [6.45, 7) is 0. The number of carbonyl (C=O) groups excluding carboxylic acids is 1. The number of aromatic nitrogens is 3. The standard InChI is InChI=1S/C17H13N5O2S/c1-24-14-4-3-12(7-11(14)9-18)21-15(23)8-13-10-25-17(22-13)16-19-5-2-6-20-16/h2-7,10H,8H2,1H3,(H,21,23). The molecular weight excluding hydrogens is 338 g/mol. The lowest BCUT2D eigenvalue weighted by Crippen LogP contribution is -2.14. The second-order valence-electron chi connectivity index (χ2n) is 4.97. The molecule has 2 heterocycles. The molecule has 0 saturated carbocycles. The van der Waals surface area contributed by atoms with Gasteiger partial charge in [0.15, 0.2) is 10.8 Å². The van der Waals surface area contributed by atoms with Gasteiger partial charge in [0.1, 0.15) is 11.8 Å². The first kappa shape index (κ1) is 16.5. The van der Waals surface area contributed by atoms with Crippen LogP contribution < -0.4 is 10.1 Å². The fraction of sp³-hybridized carbons (Fsp3) is 0.118. The molecule has 7 nitrogen and oxygen atoms in total. The number of amides is 1. The number of thiazole rings is 1. The van der Waals surface area contributed by atoms with Gasteiger partial charge in [-0.05, 0) is 24.3 Å². The smallest absolute Gasteiger partial charge is 0.230 e. The molecule has 8 heteroatoms. The normalized spacial score (nSPS) is 10.1. The Morgan fingerprint density at radius 1 is 1.36 bits per heavy atom. The van der Waals surface area contributed by atoms with Gasteiger partial charge in [-0.15, -0.1) is 11.3 Å². The van der Waals surface area contributed by atoms with Crippen molar-refractivity contribution in [1.29, 1.82) is 5.26 Å². The molecule has 124 valence electrons. The Morgan fingerprint density at radius 2 is 2.16 bits per heavy atom. The van der Waals surface area contributed by atoms with Crippen molar-refractivity contribution in [2.45, 2.75) is 6.42 Å². The summed E-state index contributed by atoms with van der Waals surface area (Å²) in [5, 5.41) is 14.3. The van der Waals surface area contributed by atoms with E-state index in [-0.39, 0.29) is 12.3 Å². The molecule has 0 saturated heterocycles. The summed E-state index contributed by atoms with van der Waals surface area (Å²) < 4.78 is 5.08. The molecule has 25 heavy (non-hydrogen) atoms. The maximum Gasteiger partial charge on any atom is 0.230 e. The largest absolute Gasteiger partial charge is 0.495 e. The number of anilines is 1. The zero-order chi connectivity index (χ0) is 17.6. The molecule has 1 amide bonds. The summed E-state index contributed by atoms with van der Waals surface area (Å²) in [6, 6.07) is 8.66. The highest BCUT2D eigenvalue weighted by molar-refractivity contribution is 7.13. The van der Waals surface area contributed by atoms with Gasteiger partial charge >= 0.3 is 0 Å². The summed E-state index contributed by atoms with van der Waals surface area (Å²) in [6.07, 6.45) is 3.41. The van der Waals surface area contributed by atoms with Crippen molar-refractivity contribution in [2.24, 2.45) is 0 Å². The first-order chi connectivity index (χ1) is 12.2. The molecule has 0 aliphatic carbocycles. The van der Waals surface area contributed by atoms with Gasteiger partial charge in [-0.25, -0.2) is 15.0 Å². The summed E-state index contributed by atoms with van der Waals surface area (Å²) in [5.41, 5.74) is 1.53. The lowest BCUT2D eigenvalue weighted by Gasteiger charge is -2.07. The number of ether oxygens (including phenoxy) is 1. The molecular formula is C17H13N5O2S. The molecule has 1 N–H and O–H groups in total. The maximum atomic E-state index is 12.2. The van der Waals surface area contributed by atoms with Gasteiger partial charge in [-0.2, -0.15) is 5.26 Å². The quantitative estimate of drug-likeness (QED) is 0.758. The van der Waals surface area contributed by atoms with Crippen LogP contribution in [0.4, 0.5) is 5.69 Å². The topological polar surface area (TPSA) is 101 Å². The molecule has 0 aliphatic heterocycles. The van der Waals surface area contributed by atoms with Crippen molar-refractivity contribution in [2.75, 3.05) is 12.4 Å². The fourth-order valence-corrected chi connectivity index (χ4v) is 2.91. The van der Waals surface area contributed by atoms with Gasteiger partial charge in [0.2, 0.25) is 5.91 Å². The number of carbonyl (C=O) groups is 1. The minimum absolute atomic E-state index is 0.122. The van der Waals surface area contributed by atoms with Crippen LogP contribution in [0.5, 0.6) is 5.75 Å². The van der Waals surface area contributed by atoms with Gasteiger partial charge < -0.3 is 10.1 Å². The van der Waals surface area contributed by atoms with Crippen LogP contribution in [-0.4, -0.2) is 28.0 Å². The number of hydrogen-bond acceptors (Lipinski definition) is 7. The molecule has 1 aromatic carbocycles. The first-order valence-electron chi connectivity index (χ1n) is 7.29. The molecule has 0 radical (unpaired) electrons. The van der Waals surface area contributed by atoms with E-state index < -0.39 is 0 Å². The highest BCUT2D eigenvalue weighted by atomic mass is 32.1. The van der Waals surface area contributed by atoms with Crippen LogP contribution >= 0.6 is 11.3 Å². The summed E-state index contributed by atoms with van der Waals surface area (Å²) >= 11 is 1.39. The van der Waals surface area contributed by atoms with Gasteiger partial charge in [0.25, 0.3) is 0 Å². The number of benzene rings is 1. The minimum atomic E-state index is -0.222. The average molecular weight is 351 g/mol. The van der Waals surface area contributed by atoms with E-state index in [0.717, 1.165) is 0 Å². The van der Waals surface area contributed by atoms with E-state index in [1.807, 2.05) is 6.07 Å². The van der Waals surface area contributed by atoms with Crippen LogP contribution in [0, 0.1) is 11.3 Å². The SMILES string of the molecule is COc1ccc(NC(=O)Cc2csc(-c3ncccn3)n2)cc1C#N. The number of methoxy groups -OCH3 is 1. The molecule has 0 unspecified atom stereocenters. The van der Waals surface area contributed by atoms with Crippen LogP contribution in [0.3, 0.4) is 0 Å². The first-order valence-corrected chi connectivity index (χ1v) is 8.17. The van der Waals surface area contributed by atoms with Crippen molar-refractivity contribution < 1.29 is 9.53 Å². The Bertz CT molecular complexity index is 934. The van der Waals surface area contributed by atoms with E-state index in [0.29, 0.717) is 33.5 Å². The monoisotopic (exact) mass is 351 g/mol. The van der Waals surface area contributed by atoms with E-state index in [1.54, 1.807) is 42.0 Å². The third-order valence-corrected chi connectivity index (χ3v) is 4.14. The van der Waals surface area contributed by atoms with Crippen LogP contribution in [0.1, 0.15) is 11.3 Å². The highest BCUT2D eigenvalue weighted by Gasteiger charge is 2.11. The van der Waals surface area contributed by atoms with E-state index in [2.05, 4.69) is 20.3 Å². The van der Waals surface area contributed by atoms with Crippen molar-refractivity contribution in [3.05, 3.63) is 53.3 Å². The Balaban J connectivity index is 1.67. The second-order valence-corrected chi connectivity index (χ2v) is 5.83. The lowest BCUT2D eigenvalue weighted by atomic mass is 10.2. The Kier molecular flexibility index (Phi) is 4.97. The average Bonchev–Trinajstić information content (AvgIpc) is 3.10. The Labute approximate surface area is 148 Å². The van der Waals surface area contributed by atoms with E-state index in [1.165, 1.54) is 18.4 Å². The molecule has 3 aromatic rings. The lowest BCUT2D eigenvalue weighted by molar-refractivity contribution is -0.115. The van der Waals surface area contributed by atoms with E-state index in [4.69, 9.17) is 10.00 Å². The maximum absolute atomic E-state index is 12.2. The highest BCUT2D eigenvalue weighted by Crippen LogP contribution is 2.22. The van der Waals surface area contributed by atoms with Crippen LogP contribution in [0.15, 0.2) is 42.0 Å². The van der Waals surface area contributed by atoms with Gasteiger partial charge in [-0.3, -0.25) is 4.79 Å². The Hall–Kier alpha value is -3.31. The van der Waals surface area contributed by atoms with Crippen molar-refractivity contribution >= 4 is 22.9 Å². The fourth-order valence-electron chi connectivity index (χ4n) is 2.14. The summed E-state index contributed by atoms with van der Waals surface area (Å²) in [7, 11) is 1.49. The molecule has 2 aromatic heterocycles. The van der Waals surface area contributed by atoms with Gasteiger partial charge in [0, 0.05) is 23.5 Å². The van der Waals surface area contributed by atoms with Crippen LogP contribution in [0.25, 0.3) is 10.8 Å². The third kappa shape index (κ3) is 3.97. The molecule has 0 aliphatic rings. The third-order valence-electron chi connectivity index (χ3n) is 3.25. The van der Waals surface area contributed by atoms with Crippen LogP contribution in [0.2, 0.25) is 0 Å². The molecule has 0 bridgehead atoms. The van der Waals surface area contributed by atoms with Crippen LogP contribution in [-0.2, 0) is 11.2 Å². The molecule has 0 atom stereocenters. The molecule has 3 rings (SSSR count). The summed E-state index contributed by atoms with van der Waals surface area (Å²) in [4.78, 5) is 24.9. The van der Waals surface area contributed by atoms with E-state index in [9.17, 15) is 4.79 Å². The number of nitriles is 1. The number of hydrogen-bond donors (Lipinski definition) is 1. The van der Waals surface area contributed by atoms with Gasteiger partial charge in [0.05, 0.1) is 24.8 Å². The number of nitrogens with one attached hydrogen (secondary N) is 1. The van der Waals surface area contributed by atoms with Crippen molar-refractivity contribution in [3.63, 3.8) is 0 Å².